The van der Waals surface area contributed by atoms with Gasteiger partial charge in [0.25, 0.3) is 0 Å². The van der Waals surface area contributed by atoms with Crippen LogP contribution in [0.3, 0.4) is 0 Å². The predicted octanol–water partition coefficient (Wildman–Crippen LogP) is 5.67. The Kier molecular flexibility index (Phi) is 8.64. The van der Waals surface area contributed by atoms with Gasteiger partial charge in [0, 0.05) is 12.0 Å². The number of hydrogen-bond acceptors (Lipinski definition) is 6. The second kappa shape index (κ2) is 12.1. The molecule has 0 heterocycles. The van der Waals surface area contributed by atoms with Crippen molar-refractivity contribution in [2.45, 2.75) is 12.8 Å². The van der Waals surface area contributed by atoms with Crippen LogP contribution >= 0.6 is 0 Å². The summed E-state index contributed by atoms with van der Waals surface area (Å²) in [5, 5.41) is 9.46. The minimum atomic E-state index is -0.483. The third kappa shape index (κ3) is 6.59. The molecule has 6 nitrogen and oxygen atoms in total. The Morgan fingerprint density at radius 3 is 2.38 bits per heavy atom. The second-order valence-corrected chi connectivity index (χ2v) is 7.16. The summed E-state index contributed by atoms with van der Waals surface area (Å²) in [4.78, 5) is 12.3. The first-order valence-electron chi connectivity index (χ1n) is 10.6. The van der Waals surface area contributed by atoms with Gasteiger partial charge in [0.2, 0.25) is 0 Å². The van der Waals surface area contributed by atoms with Gasteiger partial charge in [-0.15, -0.1) is 0 Å². The second-order valence-electron chi connectivity index (χ2n) is 7.16. The van der Waals surface area contributed by atoms with Crippen molar-refractivity contribution in [3.05, 3.63) is 83.7 Å². The monoisotopic (exact) mass is 461 g/mol. The van der Waals surface area contributed by atoms with E-state index in [4.69, 9.17) is 18.9 Å². The van der Waals surface area contributed by atoms with E-state index in [9.17, 15) is 14.4 Å². The zero-order valence-corrected chi connectivity index (χ0v) is 18.9. The Morgan fingerprint density at radius 2 is 1.71 bits per heavy atom. The number of rotatable bonds is 10. The van der Waals surface area contributed by atoms with Gasteiger partial charge in [0.05, 0.1) is 32.5 Å². The van der Waals surface area contributed by atoms with Crippen LogP contribution in [0.2, 0.25) is 0 Å². The van der Waals surface area contributed by atoms with Crippen LogP contribution in [-0.4, -0.2) is 26.8 Å². The highest BCUT2D eigenvalue weighted by atomic mass is 19.1. The molecule has 3 aromatic rings. The molecule has 7 heteroatoms. The summed E-state index contributed by atoms with van der Waals surface area (Å²) >= 11 is 0. The van der Waals surface area contributed by atoms with Gasteiger partial charge in [0.15, 0.2) is 11.5 Å². The molecule has 0 atom stereocenters. The summed E-state index contributed by atoms with van der Waals surface area (Å²) in [6.07, 6.45) is 2.18. The van der Waals surface area contributed by atoms with Gasteiger partial charge >= 0.3 is 5.97 Å². The molecule has 3 rings (SSSR count). The van der Waals surface area contributed by atoms with Gasteiger partial charge in [-0.3, -0.25) is 4.79 Å². The highest BCUT2D eigenvalue weighted by molar-refractivity contribution is 5.90. The highest BCUT2D eigenvalue weighted by Crippen LogP contribution is 2.30. The topological polar surface area (TPSA) is 77.8 Å². The molecule has 174 valence electrons. The third-order valence-electron chi connectivity index (χ3n) is 4.86. The number of ether oxygens (including phenoxy) is 4. The molecule has 0 aliphatic rings. The molecule has 0 aromatic heterocycles. The Morgan fingerprint density at radius 1 is 0.971 bits per heavy atom. The molecule has 0 aliphatic heterocycles. The van der Waals surface area contributed by atoms with Crippen molar-refractivity contribution in [3.63, 3.8) is 0 Å². The van der Waals surface area contributed by atoms with Gasteiger partial charge < -0.3 is 18.9 Å². The Labute approximate surface area is 197 Å². The molecule has 3 aromatic carbocycles. The van der Waals surface area contributed by atoms with E-state index in [1.54, 1.807) is 67.8 Å². The molecule has 0 saturated heterocycles. The summed E-state index contributed by atoms with van der Waals surface area (Å²) in [6, 6.07) is 20.1. The Balaban J connectivity index is 1.59. The van der Waals surface area contributed by atoms with Gasteiger partial charge in [-0.1, -0.05) is 24.3 Å². The van der Waals surface area contributed by atoms with Crippen molar-refractivity contribution in [1.29, 1.82) is 5.26 Å². The highest BCUT2D eigenvalue weighted by Gasteiger charge is 2.12. The average molecular weight is 461 g/mol. The van der Waals surface area contributed by atoms with Crippen LogP contribution in [0.4, 0.5) is 4.39 Å². The number of hydrogen-bond donors (Lipinski definition) is 0. The molecule has 0 aliphatic carbocycles. The summed E-state index contributed by atoms with van der Waals surface area (Å²) in [5.74, 6) is 1.09. The van der Waals surface area contributed by atoms with Crippen molar-refractivity contribution >= 4 is 17.6 Å². The lowest BCUT2D eigenvalue weighted by molar-refractivity contribution is -0.134. The molecule has 0 radical (unpaired) electrons. The van der Waals surface area contributed by atoms with Crippen molar-refractivity contribution in [2.75, 3.05) is 20.8 Å². The summed E-state index contributed by atoms with van der Waals surface area (Å²) in [6.45, 7) is 0.356. The van der Waals surface area contributed by atoms with Crippen LogP contribution in [0.25, 0.3) is 11.6 Å². The van der Waals surface area contributed by atoms with E-state index in [2.05, 4.69) is 0 Å². The van der Waals surface area contributed by atoms with Gasteiger partial charge in [-0.05, 0) is 60.5 Å². The number of nitrogens with zero attached hydrogens (tertiary/aromatic N) is 1. The Hall–Kier alpha value is -4.31. The molecule has 34 heavy (non-hydrogen) atoms. The van der Waals surface area contributed by atoms with Crippen LogP contribution in [0.5, 0.6) is 23.0 Å². The molecule has 0 bridgehead atoms. The Bertz CT molecular complexity index is 1200. The summed E-state index contributed by atoms with van der Waals surface area (Å²) < 4.78 is 35.5. The molecular formula is C27H24FNO5. The van der Waals surface area contributed by atoms with Gasteiger partial charge in [-0.25, -0.2) is 4.39 Å². The number of benzene rings is 3. The summed E-state index contributed by atoms with van der Waals surface area (Å²) in [5.41, 5.74) is 0.974. The smallest absolute Gasteiger partial charge is 0.311 e. The molecule has 0 spiro atoms. The first kappa shape index (κ1) is 24.3. The lowest BCUT2D eigenvalue weighted by Crippen LogP contribution is -2.10. The molecule has 0 fully saturated rings. The number of nitriles is 1. The van der Waals surface area contributed by atoms with Crippen molar-refractivity contribution in [1.82, 2.24) is 0 Å². The number of esters is 1. The first-order valence-corrected chi connectivity index (χ1v) is 10.6. The first-order chi connectivity index (χ1) is 16.5. The van der Waals surface area contributed by atoms with E-state index in [-0.39, 0.29) is 23.3 Å². The van der Waals surface area contributed by atoms with Gasteiger partial charge in [0.1, 0.15) is 17.3 Å². The number of halogens is 1. The third-order valence-corrected chi connectivity index (χ3v) is 4.86. The van der Waals surface area contributed by atoms with Crippen LogP contribution in [0.15, 0.2) is 66.7 Å². The van der Waals surface area contributed by atoms with Crippen molar-refractivity contribution in [2.24, 2.45) is 0 Å². The lowest BCUT2D eigenvalue weighted by atomic mass is 10.0. The quantitative estimate of drug-likeness (QED) is 0.127. The molecule has 0 N–H and O–H groups in total. The minimum absolute atomic E-state index is 0.160. The average Bonchev–Trinajstić information content (AvgIpc) is 2.86. The number of allylic oxidation sites excluding steroid dienone is 1. The van der Waals surface area contributed by atoms with E-state index in [0.29, 0.717) is 30.1 Å². The maximum atomic E-state index is 14.0. The van der Waals surface area contributed by atoms with E-state index >= 15 is 0 Å². The molecule has 0 saturated carbocycles. The largest absolute Gasteiger partial charge is 0.497 e. The fraction of sp³-hybridized carbons (Fsp3) is 0.185. The number of carbonyl (C=O) groups excluding carboxylic acids is 1. The van der Waals surface area contributed by atoms with E-state index < -0.39 is 11.8 Å². The van der Waals surface area contributed by atoms with Crippen LogP contribution < -0.4 is 18.9 Å². The number of methoxy groups -OCH3 is 2. The van der Waals surface area contributed by atoms with E-state index in [0.717, 1.165) is 5.75 Å². The SMILES string of the molecule is COc1ccc(OCCCC(=O)Oc2ccc(/C=C(/C#N)c3ccccc3F)cc2OC)cc1. The number of carbonyl (C=O) groups is 1. The van der Waals surface area contributed by atoms with E-state index in [1.807, 2.05) is 6.07 Å². The van der Waals surface area contributed by atoms with Crippen LogP contribution in [0.1, 0.15) is 24.0 Å². The fourth-order valence-electron chi connectivity index (χ4n) is 3.13. The maximum absolute atomic E-state index is 14.0. The normalized spacial score (nSPS) is 10.8. The minimum Gasteiger partial charge on any atom is -0.497 e. The molecular weight excluding hydrogens is 437 g/mol. The molecule has 0 amide bonds. The zero-order chi connectivity index (χ0) is 24.3. The van der Waals surface area contributed by atoms with Gasteiger partial charge in [-0.2, -0.15) is 5.26 Å². The van der Waals surface area contributed by atoms with E-state index in [1.165, 1.54) is 19.2 Å². The molecule has 0 unspecified atom stereocenters. The lowest BCUT2D eigenvalue weighted by Gasteiger charge is -2.11. The fourth-order valence-corrected chi connectivity index (χ4v) is 3.13. The standard InChI is InChI=1S/C27H24FNO5/c1-31-21-10-12-22(13-11-21)33-15-5-8-27(30)34-25-14-9-19(17-26(25)32-2)16-20(18-29)23-6-3-4-7-24(23)28/h3-4,6-7,9-14,16-17H,5,8,15H2,1-2H3/b20-16-. The maximum Gasteiger partial charge on any atom is 0.311 e. The van der Waals surface area contributed by atoms with Crippen molar-refractivity contribution < 1.29 is 28.1 Å². The zero-order valence-electron chi connectivity index (χ0n) is 18.9. The summed E-state index contributed by atoms with van der Waals surface area (Å²) in [7, 11) is 3.04. The van der Waals surface area contributed by atoms with Crippen LogP contribution in [-0.2, 0) is 4.79 Å². The predicted molar refractivity (Wildman–Crippen MR) is 126 cm³/mol. The van der Waals surface area contributed by atoms with Crippen molar-refractivity contribution in [3.8, 4) is 29.1 Å². The van der Waals surface area contributed by atoms with Crippen LogP contribution in [0, 0.1) is 17.1 Å².